The Hall–Kier alpha value is -1.70. The zero-order valence-electron chi connectivity index (χ0n) is 29.1. The van der Waals surface area contributed by atoms with Crippen LogP contribution >= 0.6 is 0 Å². The van der Waals surface area contributed by atoms with Gasteiger partial charge in [-0.05, 0) is 145 Å². The zero-order chi connectivity index (χ0) is 38.4. The lowest BCUT2D eigenvalue weighted by molar-refractivity contribution is -0.336. The molecule has 6 aliphatic rings. The number of allylic oxidation sites excluding steroid dienone is 6. The monoisotopic (exact) mass is 754 g/mol. The fraction of sp³-hybridized carbons (Fsp3) is 0.838. The largest absolute Gasteiger partial charge is 0.416 e. The van der Waals surface area contributed by atoms with Gasteiger partial charge in [0.05, 0.1) is 0 Å². The maximum Gasteiger partial charge on any atom is 0.416 e. The number of rotatable bonds is 9. The molecule has 6 aliphatic carbocycles. The van der Waals surface area contributed by atoms with E-state index in [-0.39, 0.29) is 43.9 Å². The van der Waals surface area contributed by atoms with Crippen molar-refractivity contribution in [1.82, 2.24) is 0 Å². The Bertz CT molecular complexity index is 1240. The van der Waals surface area contributed by atoms with Crippen molar-refractivity contribution in [2.75, 3.05) is 0 Å². The van der Waals surface area contributed by atoms with Gasteiger partial charge in [-0.15, -0.1) is 0 Å². The molecule has 294 valence electrons. The smallest absolute Gasteiger partial charge is 0.381 e. The third kappa shape index (κ3) is 9.70. The van der Waals surface area contributed by atoms with Crippen LogP contribution in [0.3, 0.4) is 0 Å². The molecule has 6 rings (SSSR count). The van der Waals surface area contributed by atoms with Gasteiger partial charge in [0, 0.05) is 0 Å². The van der Waals surface area contributed by atoms with Crippen LogP contribution in [0.15, 0.2) is 36.5 Å². The molecule has 11 unspecified atom stereocenters. The second kappa shape index (κ2) is 14.9. The molecule has 2 N–H and O–H groups in total. The predicted octanol–water partition coefficient (Wildman–Crippen LogP) is 11.7. The van der Waals surface area contributed by atoms with E-state index < -0.39 is 47.7 Å². The van der Waals surface area contributed by atoms with E-state index in [0.717, 1.165) is 52.4 Å². The molecule has 0 aromatic heterocycles. The first-order valence-electron chi connectivity index (χ1n) is 17.9. The highest BCUT2D eigenvalue weighted by Crippen LogP contribution is 2.54. The maximum atomic E-state index is 12.7. The van der Waals surface area contributed by atoms with Crippen molar-refractivity contribution < 1.29 is 62.9 Å². The predicted molar refractivity (Wildman–Crippen MR) is 168 cm³/mol. The summed E-state index contributed by atoms with van der Waals surface area (Å²) in [6, 6.07) is 0. The normalized spacial score (nSPS) is 34.6. The molecule has 0 aromatic carbocycles. The highest BCUT2D eigenvalue weighted by atomic mass is 19.4. The molecule has 3 fully saturated rings. The van der Waals surface area contributed by atoms with Crippen LogP contribution < -0.4 is 0 Å². The summed E-state index contributed by atoms with van der Waals surface area (Å²) in [5.41, 5.74) is -8.65. The van der Waals surface area contributed by atoms with Crippen LogP contribution in [0.2, 0.25) is 0 Å². The summed E-state index contributed by atoms with van der Waals surface area (Å²) in [4.78, 5) is 0. The van der Waals surface area contributed by atoms with E-state index in [2.05, 4.69) is 30.4 Å². The van der Waals surface area contributed by atoms with Gasteiger partial charge in [0.25, 0.3) is 0 Å². The molecule has 0 amide bonds. The van der Waals surface area contributed by atoms with Gasteiger partial charge in [-0.1, -0.05) is 42.9 Å². The van der Waals surface area contributed by atoms with Gasteiger partial charge >= 0.3 is 24.7 Å². The number of alkyl halides is 12. The van der Waals surface area contributed by atoms with E-state index in [9.17, 15) is 62.9 Å². The quantitative estimate of drug-likeness (QED) is 0.182. The second-order valence-corrected chi connectivity index (χ2v) is 16.6. The summed E-state index contributed by atoms with van der Waals surface area (Å²) < 4.78 is 151. The van der Waals surface area contributed by atoms with Crippen LogP contribution in [0.1, 0.15) is 97.8 Å². The zero-order valence-corrected chi connectivity index (χ0v) is 29.1. The van der Waals surface area contributed by atoms with Crippen LogP contribution in [0.4, 0.5) is 52.7 Å². The number of halogens is 12. The first-order valence-corrected chi connectivity index (χ1v) is 17.9. The number of hydrogen-bond acceptors (Lipinski definition) is 2. The SMILES string of the molecule is CC(CCCC1CC2C=CC1C2)(C(F)(F)F)C(F)(F)F.CC(O)(CC1CC2C=CC1C2)C(F)(F)F.CC(O)(CCC1CC2C=CC1C2)C(F)(F)F. The highest BCUT2D eigenvalue weighted by Gasteiger charge is 2.66. The lowest BCUT2D eigenvalue weighted by Crippen LogP contribution is -2.47. The highest BCUT2D eigenvalue weighted by molar-refractivity contribution is 5.12. The summed E-state index contributed by atoms with van der Waals surface area (Å²) in [6.07, 6.45) is -1.52. The first kappa shape index (κ1) is 42.0. The molecule has 11 atom stereocenters. The molecule has 0 saturated heterocycles. The third-order valence-corrected chi connectivity index (χ3v) is 12.6. The average Bonchev–Trinajstić information content (AvgIpc) is 3.83. The van der Waals surface area contributed by atoms with Crippen LogP contribution in [-0.4, -0.2) is 46.1 Å². The standard InChI is InChI=1S/C14H18F6.C12H17F3O.C11H15F3O/c1-12(13(15,16)17,14(18,19)20)6-2-3-10-7-9-4-5-11(10)8-9;1-11(16,12(13,14)15)5-4-10-7-8-2-3-9(10)6-8;1-10(15,11(12,13)14)6-9-5-7-2-3-8(9)4-7/h4-5,9-11H,2-3,6-8H2,1H3;2-3,8-10,16H,4-7H2,1H3;2-3,7-9,15H,4-6H2,1H3. The number of hydrogen-bond donors (Lipinski definition) is 2. The van der Waals surface area contributed by atoms with Gasteiger partial charge in [0.2, 0.25) is 0 Å². The molecule has 0 aromatic rings. The Balaban J connectivity index is 0.000000174. The Kier molecular flexibility index (Phi) is 12.2. The van der Waals surface area contributed by atoms with E-state index in [4.69, 9.17) is 0 Å². The number of fused-ring (bicyclic) bond motifs is 6. The fourth-order valence-electron chi connectivity index (χ4n) is 8.98. The van der Waals surface area contributed by atoms with Crippen LogP contribution in [0.25, 0.3) is 0 Å². The van der Waals surface area contributed by atoms with Crippen molar-refractivity contribution in [3.05, 3.63) is 36.5 Å². The van der Waals surface area contributed by atoms with E-state index in [1.165, 1.54) is 0 Å². The summed E-state index contributed by atoms with van der Waals surface area (Å²) in [5, 5.41) is 18.7. The summed E-state index contributed by atoms with van der Waals surface area (Å²) in [5.74, 6) is 3.17. The molecular weight excluding hydrogens is 704 g/mol. The lowest BCUT2D eigenvalue weighted by Gasteiger charge is -2.34. The molecule has 51 heavy (non-hydrogen) atoms. The van der Waals surface area contributed by atoms with Gasteiger partial charge in [0.15, 0.2) is 16.6 Å². The first-order chi connectivity index (χ1) is 23.1. The molecule has 0 heterocycles. The Morgan fingerprint density at radius 1 is 0.451 bits per heavy atom. The van der Waals surface area contributed by atoms with Crippen molar-refractivity contribution in [2.24, 2.45) is 58.7 Å². The van der Waals surface area contributed by atoms with Crippen LogP contribution in [-0.2, 0) is 0 Å². The van der Waals surface area contributed by atoms with Crippen molar-refractivity contribution in [3.63, 3.8) is 0 Å². The minimum Gasteiger partial charge on any atom is -0.381 e. The molecule has 14 heteroatoms. The summed E-state index contributed by atoms with van der Waals surface area (Å²) >= 11 is 0. The molecule has 2 nitrogen and oxygen atoms in total. The minimum atomic E-state index is -5.25. The topological polar surface area (TPSA) is 40.5 Å². The van der Waals surface area contributed by atoms with E-state index in [1.54, 1.807) is 0 Å². The summed E-state index contributed by atoms with van der Waals surface area (Å²) in [6.45, 7) is 2.02. The molecule has 3 saturated carbocycles. The lowest BCUT2D eigenvalue weighted by atomic mass is 9.80. The molecule has 6 bridgehead atoms. The third-order valence-electron chi connectivity index (χ3n) is 12.6. The van der Waals surface area contributed by atoms with Crippen molar-refractivity contribution in [2.45, 2.75) is 134 Å². The minimum absolute atomic E-state index is 0.00313. The van der Waals surface area contributed by atoms with Crippen molar-refractivity contribution in [3.8, 4) is 0 Å². The second-order valence-electron chi connectivity index (χ2n) is 16.6. The van der Waals surface area contributed by atoms with Gasteiger partial charge in [-0.3, -0.25) is 0 Å². The van der Waals surface area contributed by atoms with E-state index >= 15 is 0 Å². The van der Waals surface area contributed by atoms with Crippen LogP contribution in [0, 0.1) is 58.7 Å². The molecule has 0 radical (unpaired) electrons. The van der Waals surface area contributed by atoms with E-state index in [0.29, 0.717) is 48.3 Å². The van der Waals surface area contributed by atoms with Gasteiger partial charge < -0.3 is 10.2 Å². The average molecular weight is 755 g/mol. The van der Waals surface area contributed by atoms with Crippen molar-refractivity contribution >= 4 is 0 Å². The Labute approximate surface area is 291 Å². The van der Waals surface area contributed by atoms with Crippen molar-refractivity contribution in [1.29, 1.82) is 0 Å². The Morgan fingerprint density at radius 3 is 1.14 bits per heavy atom. The fourth-order valence-corrected chi connectivity index (χ4v) is 8.98. The Morgan fingerprint density at radius 2 is 0.824 bits per heavy atom. The van der Waals surface area contributed by atoms with Gasteiger partial charge in [0.1, 0.15) is 0 Å². The van der Waals surface area contributed by atoms with E-state index in [1.807, 2.05) is 6.08 Å². The molecule has 0 spiro atoms. The molecular formula is C37H50F12O2. The van der Waals surface area contributed by atoms with Gasteiger partial charge in [-0.2, -0.15) is 52.7 Å². The van der Waals surface area contributed by atoms with Gasteiger partial charge in [-0.25, -0.2) is 0 Å². The maximum absolute atomic E-state index is 12.7. The molecule has 0 aliphatic heterocycles. The summed E-state index contributed by atoms with van der Waals surface area (Å²) in [7, 11) is 0. The number of aliphatic hydroxyl groups is 2. The van der Waals surface area contributed by atoms with Crippen LogP contribution in [0.5, 0.6) is 0 Å².